The SMILES string of the molecule is CC(C)C(=N)n1cc(OCC2CCC(NC(=O)Nc3cc(C(C)(C)C)nn3CCN3CCOCC3)c3ccccc32)ccc1=N. The highest BCUT2D eigenvalue weighted by Crippen LogP contribution is 2.38. The largest absolute Gasteiger partial charge is 0.491 e. The van der Waals surface area contributed by atoms with E-state index in [2.05, 4.69) is 48.4 Å². The summed E-state index contributed by atoms with van der Waals surface area (Å²) in [6.45, 7) is 15.6. The molecular formula is C34H48N8O3. The number of hydrogen-bond donors (Lipinski definition) is 4. The molecule has 2 atom stereocenters. The number of benzene rings is 1. The highest BCUT2D eigenvalue weighted by atomic mass is 16.5. The van der Waals surface area contributed by atoms with E-state index >= 15 is 0 Å². The minimum atomic E-state index is -0.245. The number of anilines is 1. The highest BCUT2D eigenvalue weighted by Gasteiger charge is 2.29. The van der Waals surface area contributed by atoms with Gasteiger partial charge in [-0.3, -0.25) is 25.6 Å². The summed E-state index contributed by atoms with van der Waals surface area (Å²) in [5, 5.41) is 27.7. The number of amides is 2. The number of carbonyl (C=O) groups excluding carboxylic acids is 1. The van der Waals surface area contributed by atoms with E-state index in [9.17, 15) is 4.79 Å². The summed E-state index contributed by atoms with van der Waals surface area (Å²) in [5.41, 5.74) is 3.32. The highest BCUT2D eigenvalue weighted by molar-refractivity contribution is 5.88. The Hall–Kier alpha value is -3.96. The predicted molar refractivity (Wildman–Crippen MR) is 175 cm³/mol. The Morgan fingerprint density at radius 3 is 2.53 bits per heavy atom. The van der Waals surface area contributed by atoms with Crippen LogP contribution in [-0.4, -0.2) is 70.6 Å². The van der Waals surface area contributed by atoms with Crippen LogP contribution in [0.2, 0.25) is 0 Å². The zero-order chi connectivity index (χ0) is 32.1. The van der Waals surface area contributed by atoms with Crippen LogP contribution < -0.4 is 20.9 Å². The Morgan fingerprint density at radius 1 is 1.09 bits per heavy atom. The lowest BCUT2D eigenvalue weighted by atomic mass is 9.80. The molecule has 3 aromatic rings. The average Bonchev–Trinajstić information content (AvgIpc) is 3.43. The average molecular weight is 617 g/mol. The molecule has 1 aliphatic carbocycles. The smallest absolute Gasteiger partial charge is 0.320 e. The van der Waals surface area contributed by atoms with Gasteiger partial charge in [-0.05, 0) is 36.1 Å². The van der Waals surface area contributed by atoms with Crippen LogP contribution in [0.3, 0.4) is 0 Å². The summed E-state index contributed by atoms with van der Waals surface area (Å²) in [4.78, 5) is 15.8. The number of nitrogens with zero attached hydrogens (tertiary/aromatic N) is 4. The van der Waals surface area contributed by atoms with E-state index in [0.717, 1.165) is 56.9 Å². The van der Waals surface area contributed by atoms with Crippen molar-refractivity contribution in [2.45, 2.75) is 71.4 Å². The fraction of sp³-hybridized carbons (Fsp3) is 0.529. The number of pyridine rings is 1. The Morgan fingerprint density at radius 2 is 1.82 bits per heavy atom. The predicted octanol–water partition coefficient (Wildman–Crippen LogP) is 5.09. The Balaban J connectivity index is 1.25. The lowest BCUT2D eigenvalue weighted by Gasteiger charge is -2.32. The number of hydrogen-bond acceptors (Lipinski definition) is 7. The second-order valence-corrected chi connectivity index (χ2v) is 13.4. The van der Waals surface area contributed by atoms with Gasteiger partial charge in [0.15, 0.2) is 0 Å². The number of ether oxygens (including phenoxy) is 2. The van der Waals surface area contributed by atoms with Gasteiger partial charge in [0.25, 0.3) is 0 Å². The van der Waals surface area contributed by atoms with Gasteiger partial charge >= 0.3 is 6.03 Å². The lowest BCUT2D eigenvalue weighted by molar-refractivity contribution is 0.0360. The van der Waals surface area contributed by atoms with Gasteiger partial charge in [0, 0.05) is 43.0 Å². The quantitative estimate of drug-likeness (QED) is 0.196. The lowest BCUT2D eigenvalue weighted by Crippen LogP contribution is -2.39. The van der Waals surface area contributed by atoms with Gasteiger partial charge in [0.05, 0.1) is 44.3 Å². The molecule has 4 N–H and O–H groups in total. The third-order valence-electron chi connectivity index (χ3n) is 8.62. The Bertz CT molecular complexity index is 1550. The molecule has 1 fully saturated rings. The summed E-state index contributed by atoms with van der Waals surface area (Å²) >= 11 is 0. The van der Waals surface area contributed by atoms with E-state index in [1.54, 1.807) is 22.9 Å². The Labute approximate surface area is 265 Å². The monoisotopic (exact) mass is 616 g/mol. The van der Waals surface area contributed by atoms with Crippen LogP contribution in [0.15, 0.2) is 48.7 Å². The molecule has 0 saturated carbocycles. The molecule has 1 saturated heterocycles. The maximum Gasteiger partial charge on any atom is 0.320 e. The second kappa shape index (κ2) is 14.0. The van der Waals surface area contributed by atoms with Gasteiger partial charge in [-0.1, -0.05) is 58.9 Å². The molecular weight excluding hydrogens is 568 g/mol. The van der Waals surface area contributed by atoms with Crippen LogP contribution in [0.4, 0.5) is 10.6 Å². The van der Waals surface area contributed by atoms with Crippen LogP contribution in [-0.2, 0) is 16.7 Å². The third kappa shape index (κ3) is 8.01. The van der Waals surface area contributed by atoms with Crippen LogP contribution in [0.25, 0.3) is 0 Å². The van der Waals surface area contributed by atoms with E-state index in [1.165, 1.54) is 5.56 Å². The molecule has 2 unspecified atom stereocenters. The van der Waals surface area contributed by atoms with Crippen molar-refractivity contribution in [3.8, 4) is 5.75 Å². The molecule has 11 heteroatoms. The van der Waals surface area contributed by atoms with E-state index < -0.39 is 0 Å². The molecule has 11 nitrogen and oxygen atoms in total. The molecule has 0 radical (unpaired) electrons. The summed E-state index contributed by atoms with van der Waals surface area (Å²) in [7, 11) is 0. The molecule has 1 aliphatic heterocycles. The zero-order valence-corrected chi connectivity index (χ0v) is 27.2. The molecule has 2 aromatic heterocycles. The van der Waals surface area contributed by atoms with E-state index in [-0.39, 0.29) is 34.8 Å². The van der Waals surface area contributed by atoms with Gasteiger partial charge in [-0.2, -0.15) is 5.10 Å². The maximum absolute atomic E-state index is 13.4. The van der Waals surface area contributed by atoms with Crippen LogP contribution in [0.5, 0.6) is 5.75 Å². The van der Waals surface area contributed by atoms with Crippen molar-refractivity contribution >= 4 is 17.7 Å². The second-order valence-electron chi connectivity index (χ2n) is 13.4. The van der Waals surface area contributed by atoms with Crippen molar-refractivity contribution in [1.82, 2.24) is 24.6 Å². The van der Waals surface area contributed by atoms with Gasteiger partial charge in [-0.15, -0.1) is 0 Å². The first-order valence-electron chi connectivity index (χ1n) is 16.0. The summed E-state index contributed by atoms with van der Waals surface area (Å²) in [6, 6.07) is 13.3. The normalized spacial score (nSPS) is 18.8. The minimum Gasteiger partial charge on any atom is -0.491 e. The fourth-order valence-corrected chi connectivity index (χ4v) is 5.87. The minimum absolute atomic E-state index is 0.00241. The summed E-state index contributed by atoms with van der Waals surface area (Å²) in [5.74, 6) is 1.84. The van der Waals surface area contributed by atoms with Gasteiger partial charge < -0.3 is 14.8 Å². The summed E-state index contributed by atoms with van der Waals surface area (Å²) < 4.78 is 15.2. The molecule has 2 amide bonds. The molecule has 0 spiro atoms. The first kappa shape index (κ1) is 32.4. The maximum atomic E-state index is 13.4. The number of morpholine rings is 1. The molecule has 5 rings (SSSR count). The number of rotatable bonds is 9. The van der Waals surface area contributed by atoms with Crippen molar-refractivity contribution in [1.29, 1.82) is 10.8 Å². The van der Waals surface area contributed by atoms with Crippen molar-refractivity contribution in [3.05, 3.63) is 71.0 Å². The zero-order valence-electron chi connectivity index (χ0n) is 27.2. The summed E-state index contributed by atoms with van der Waals surface area (Å²) in [6.07, 6.45) is 3.36. The van der Waals surface area contributed by atoms with Crippen LogP contribution >= 0.6 is 0 Å². The van der Waals surface area contributed by atoms with Gasteiger partial charge in [-0.25, -0.2) is 9.48 Å². The number of fused-ring (bicyclic) bond motifs is 1. The first-order valence-corrected chi connectivity index (χ1v) is 16.0. The fourth-order valence-electron chi connectivity index (χ4n) is 5.87. The molecule has 242 valence electrons. The van der Waals surface area contributed by atoms with E-state index in [0.29, 0.717) is 30.6 Å². The standard InChI is InChI=1S/C34H48N8O3/c1-23(2)32(36)41-21-25(11-13-30(41)35)45-22-24-10-12-28(27-9-7-6-8-26(24)27)37-33(43)38-31-20-29(34(3,4)5)39-42(31)15-14-40-16-18-44-19-17-40/h6-9,11,13,20-21,23-24,28,35-36H,10,12,14-19,22H2,1-5H3,(H2,37,38,43). The molecule has 0 bridgehead atoms. The number of aromatic nitrogens is 3. The van der Waals surface area contributed by atoms with Gasteiger partial charge in [0.2, 0.25) is 0 Å². The van der Waals surface area contributed by atoms with Crippen LogP contribution in [0, 0.1) is 16.7 Å². The molecule has 3 heterocycles. The first-order chi connectivity index (χ1) is 21.5. The number of nitrogens with one attached hydrogen (secondary N) is 4. The van der Waals surface area contributed by atoms with Crippen LogP contribution in [0.1, 0.15) is 76.2 Å². The van der Waals surface area contributed by atoms with Crippen molar-refractivity contribution in [2.75, 3.05) is 44.8 Å². The van der Waals surface area contributed by atoms with Gasteiger partial charge in [0.1, 0.15) is 22.9 Å². The Kier molecular flexibility index (Phi) is 10.1. The third-order valence-corrected chi connectivity index (χ3v) is 8.62. The topological polar surface area (TPSA) is 133 Å². The molecule has 45 heavy (non-hydrogen) atoms. The molecule has 2 aliphatic rings. The van der Waals surface area contributed by atoms with Crippen molar-refractivity contribution in [2.24, 2.45) is 5.92 Å². The van der Waals surface area contributed by atoms with Crippen molar-refractivity contribution in [3.63, 3.8) is 0 Å². The number of carbonyl (C=O) groups is 1. The number of urea groups is 1. The molecule has 1 aromatic carbocycles. The van der Waals surface area contributed by atoms with E-state index in [1.807, 2.05) is 36.7 Å². The van der Waals surface area contributed by atoms with E-state index in [4.69, 9.17) is 25.4 Å². The van der Waals surface area contributed by atoms with Crippen molar-refractivity contribution < 1.29 is 14.3 Å².